The summed E-state index contributed by atoms with van der Waals surface area (Å²) in [6, 6.07) is 0. The molecule has 144 valence electrons. The van der Waals surface area contributed by atoms with E-state index < -0.39 is 5.60 Å². The molecule has 7 atom stereocenters. The average Bonchev–Trinajstić information content (AvgIpc) is 3.18. The monoisotopic (exact) mass is 470 g/mol. The first-order valence-corrected chi connectivity index (χ1v) is 11.7. The fourth-order valence-electron chi connectivity index (χ4n) is 7.88. The number of aliphatic hydroxyl groups is 1. The Bertz CT molecular complexity index is 633. The molecule has 1 N–H and O–H groups in total. The molecule has 5 aliphatic rings. The molecule has 0 bridgehead atoms. The van der Waals surface area contributed by atoms with Gasteiger partial charge in [0.25, 0.3) is 0 Å². The molecule has 0 aromatic rings. The lowest BCUT2D eigenvalue weighted by Gasteiger charge is -2.57. The highest BCUT2D eigenvalue weighted by Gasteiger charge is 2.63. The van der Waals surface area contributed by atoms with E-state index >= 15 is 0 Å². The quantitative estimate of drug-likeness (QED) is 0.419. The fourth-order valence-corrected chi connectivity index (χ4v) is 8.33. The SMILES string of the molecule is C[C@]12CC[C@H]3[C@@H](CC[C@H]4CC5(CC[C@@H]43)OCCO5)[C@@H]1CC[C@@]2(O)C#CI. The molecule has 5 fully saturated rings. The maximum atomic E-state index is 11.3. The zero-order chi connectivity index (χ0) is 18.0. The highest BCUT2D eigenvalue weighted by molar-refractivity contribution is 14.1. The van der Waals surface area contributed by atoms with Crippen LogP contribution in [0.3, 0.4) is 0 Å². The van der Waals surface area contributed by atoms with Gasteiger partial charge in [0.15, 0.2) is 5.79 Å². The van der Waals surface area contributed by atoms with Gasteiger partial charge in [0.05, 0.1) is 13.2 Å². The van der Waals surface area contributed by atoms with Crippen molar-refractivity contribution in [3.8, 4) is 9.85 Å². The zero-order valence-corrected chi connectivity index (χ0v) is 18.0. The summed E-state index contributed by atoms with van der Waals surface area (Å²) in [5.41, 5.74) is -0.768. The summed E-state index contributed by atoms with van der Waals surface area (Å²) in [6.07, 6.45) is 10.6. The minimum atomic E-state index is -0.761. The van der Waals surface area contributed by atoms with E-state index in [-0.39, 0.29) is 11.2 Å². The zero-order valence-electron chi connectivity index (χ0n) is 15.8. The van der Waals surface area contributed by atoms with Gasteiger partial charge in [-0.15, -0.1) is 0 Å². The van der Waals surface area contributed by atoms with Crippen molar-refractivity contribution in [2.75, 3.05) is 13.2 Å². The Balaban J connectivity index is 1.37. The smallest absolute Gasteiger partial charge is 0.168 e. The third kappa shape index (κ3) is 2.49. The van der Waals surface area contributed by atoms with E-state index in [1.807, 2.05) is 0 Å². The number of hydrogen-bond donors (Lipinski definition) is 1. The Hall–Kier alpha value is 0.170. The maximum absolute atomic E-state index is 11.3. The summed E-state index contributed by atoms with van der Waals surface area (Å²) in [7, 11) is 0. The van der Waals surface area contributed by atoms with Crippen LogP contribution in [0.2, 0.25) is 0 Å². The van der Waals surface area contributed by atoms with Gasteiger partial charge < -0.3 is 14.6 Å². The van der Waals surface area contributed by atoms with Crippen LogP contribution in [-0.2, 0) is 9.47 Å². The van der Waals surface area contributed by atoms with Crippen LogP contribution in [0.15, 0.2) is 0 Å². The Labute approximate surface area is 171 Å². The highest BCUT2D eigenvalue weighted by atomic mass is 127. The molecule has 0 aromatic heterocycles. The van der Waals surface area contributed by atoms with E-state index in [2.05, 4.69) is 39.4 Å². The lowest BCUT2D eigenvalue weighted by Crippen LogP contribution is -2.54. The normalized spacial score (nSPS) is 51.9. The Morgan fingerprint density at radius 3 is 2.46 bits per heavy atom. The summed E-state index contributed by atoms with van der Waals surface area (Å²) in [5.74, 6) is 6.89. The molecule has 1 saturated heterocycles. The van der Waals surface area contributed by atoms with Crippen LogP contribution in [0, 0.1) is 44.9 Å². The highest BCUT2D eigenvalue weighted by Crippen LogP contribution is 2.65. The van der Waals surface area contributed by atoms with E-state index in [4.69, 9.17) is 9.47 Å². The van der Waals surface area contributed by atoms with Crippen LogP contribution in [-0.4, -0.2) is 29.7 Å². The summed E-state index contributed by atoms with van der Waals surface area (Å²) in [5, 5.41) is 11.3. The first-order valence-electron chi connectivity index (χ1n) is 10.6. The van der Waals surface area contributed by atoms with Gasteiger partial charge in [-0.1, -0.05) is 12.8 Å². The van der Waals surface area contributed by atoms with Gasteiger partial charge in [0.1, 0.15) is 5.60 Å². The van der Waals surface area contributed by atoms with Crippen molar-refractivity contribution in [2.24, 2.45) is 35.0 Å². The lowest BCUT2D eigenvalue weighted by atomic mass is 9.49. The molecule has 4 saturated carbocycles. The topological polar surface area (TPSA) is 38.7 Å². The molecule has 1 aliphatic heterocycles. The molecule has 0 aromatic carbocycles. The van der Waals surface area contributed by atoms with Crippen LogP contribution in [0.25, 0.3) is 0 Å². The van der Waals surface area contributed by atoms with E-state index in [0.29, 0.717) is 5.92 Å². The van der Waals surface area contributed by atoms with E-state index in [9.17, 15) is 5.11 Å². The Kier molecular flexibility index (Phi) is 4.44. The predicted octanol–water partition coefficient (Wildman–Crippen LogP) is 4.51. The molecular formula is C22H31IO3. The standard InChI is InChI=1S/C22H31IO3/c1-20-7-4-17-16-5-9-22(25-12-13-26-22)14-15(16)2-3-18(17)19(20)6-8-21(20,24)10-11-23/h15-19,24H,2-9,12-14H2,1H3/t15-,16-,17+,18+,19-,20-,21+/m0/s1. The van der Waals surface area contributed by atoms with Gasteiger partial charge in [-0.3, -0.25) is 0 Å². The lowest BCUT2D eigenvalue weighted by molar-refractivity contribution is -0.210. The third-order valence-corrected chi connectivity index (χ3v) is 9.44. The van der Waals surface area contributed by atoms with E-state index in [1.165, 1.54) is 25.7 Å². The number of rotatable bonds is 0. The summed E-state index contributed by atoms with van der Waals surface area (Å²) >= 11 is 2.09. The number of hydrogen-bond acceptors (Lipinski definition) is 3. The summed E-state index contributed by atoms with van der Waals surface area (Å²) in [6.45, 7) is 3.89. The van der Waals surface area contributed by atoms with Crippen LogP contribution in [0.1, 0.15) is 64.7 Å². The van der Waals surface area contributed by atoms with Gasteiger partial charge in [-0.25, -0.2) is 0 Å². The number of halogens is 1. The third-order valence-electron chi connectivity index (χ3n) is 9.17. The van der Waals surface area contributed by atoms with Crippen LogP contribution in [0.5, 0.6) is 0 Å². The molecule has 4 aliphatic carbocycles. The van der Waals surface area contributed by atoms with Gasteiger partial charge in [-0.2, -0.15) is 0 Å². The Morgan fingerprint density at radius 1 is 0.923 bits per heavy atom. The van der Waals surface area contributed by atoms with Gasteiger partial charge >= 0.3 is 0 Å². The summed E-state index contributed by atoms with van der Waals surface area (Å²) in [4.78, 5) is 0. The van der Waals surface area contributed by atoms with Crippen molar-refractivity contribution in [3.05, 3.63) is 0 Å². The van der Waals surface area contributed by atoms with Crippen LogP contribution in [0.4, 0.5) is 0 Å². The van der Waals surface area contributed by atoms with Crippen molar-refractivity contribution in [1.29, 1.82) is 0 Å². The van der Waals surface area contributed by atoms with Crippen molar-refractivity contribution >= 4 is 22.6 Å². The van der Waals surface area contributed by atoms with Crippen LogP contribution >= 0.6 is 22.6 Å². The second kappa shape index (κ2) is 6.34. The van der Waals surface area contributed by atoms with Crippen molar-refractivity contribution in [2.45, 2.75) is 76.1 Å². The summed E-state index contributed by atoms with van der Waals surface area (Å²) < 4.78 is 15.1. The van der Waals surface area contributed by atoms with Crippen molar-refractivity contribution < 1.29 is 14.6 Å². The molecule has 3 nitrogen and oxygen atoms in total. The second-order valence-electron chi connectivity index (χ2n) is 9.86. The molecular weight excluding hydrogens is 439 g/mol. The molecule has 4 heteroatoms. The molecule has 0 unspecified atom stereocenters. The van der Waals surface area contributed by atoms with Gasteiger partial charge in [-0.05, 0) is 78.5 Å². The molecule has 0 radical (unpaired) electrons. The maximum Gasteiger partial charge on any atom is 0.168 e. The predicted molar refractivity (Wildman–Crippen MR) is 108 cm³/mol. The largest absolute Gasteiger partial charge is 0.377 e. The number of fused-ring (bicyclic) bond motifs is 5. The van der Waals surface area contributed by atoms with E-state index in [1.54, 1.807) is 0 Å². The first kappa shape index (κ1) is 18.2. The molecule has 5 rings (SSSR count). The molecule has 1 heterocycles. The molecule has 26 heavy (non-hydrogen) atoms. The van der Waals surface area contributed by atoms with Crippen LogP contribution < -0.4 is 0 Å². The van der Waals surface area contributed by atoms with Gasteiger partial charge in [0, 0.05) is 40.8 Å². The molecule has 1 spiro atoms. The minimum Gasteiger partial charge on any atom is -0.377 e. The molecule has 0 amide bonds. The van der Waals surface area contributed by atoms with Gasteiger partial charge in [0.2, 0.25) is 0 Å². The van der Waals surface area contributed by atoms with Crippen molar-refractivity contribution in [1.82, 2.24) is 0 Å². The van der Waals surface area contributed by atoms with Crippen molar-refractivity contribution in [3.63, 3.8) is 0 Å². The second-order valence-corrected chi connectivity index (χ2v) is 10.4. The number of ether oxygens (including phenoxy) is 2. The Morgan fingerprint density at radius 2 is 1.69 bits per heavy atom. The average molecular weight is 470 g/mol. The van der Waals surface area contributed by atoms with E-state index in [0.717, 1.165) is 69.0 Å². The minimum absolute atomic E-state index is 0.00720. The fraction of sp³-hybridized carbons (Fsp3) is 0.909. The first-order chi connectivity index (χ1) is 12.5.